The second-order valence-electron chi connectivity index (χ2n) is 3.92. The zero-order valence-corrected chi connectivity index (χ0v) is 6.71. The SMILES string of the molecule is O=CC1CC2(CCOCC2)C1. The first-order valence-electron chi connectivity index (χ1n) is 4.38. The van der Waals surface area contributed by atoms with E-state index in [2.05, 4.69) is 0 Å². The average Bonchev–Trinajstić information content (AvgIpc) is 2.01. The van der Waals surface area contributed by atoms with Gasteiger partial charge in [0.15, 0.2) is 0 Å². The summed E-state index contributed by atoms with van der Waals surface area (Å²) in [5, 5.41) is 0. The summed E-state index contributed by atoms with van der Waals surface area (Å²) in [4.78, 5) is 10.4. The van der Waals surface area contributed by atoms with Crippen LogP contribution in [0.5, 0.6) is 0 Å². The lowest BCUT2D eigenvalue weighted by Gasteiger charge is -2.48. The van der Waals surface area contributed by atoms with Crippen molar-refractivity contribution in [2.75, 3.05) is 13.2 Å². The van der Waals surface area contributed by atoms with Gasteiger partial charge in [0.1, 0.15) is 6.29 Å². The molecule has 62 valence electrons. The van der Waals surface area contributed by atoms with Gasteiger partial charge in [-0.2, -0.15) is 0 Å². The third kappa shape index (κ3) is 1.20. The van der Waals surface area contributed by atoms with Crippen molar-refractivity contribution in [3.63, 3.8) is 0 Å². The van der Waals surface area contributed by atoms with E-state index in [4.69, 9.17) is 4.74 Å². The predicted molar refractivity (Wildman–Crippen MR) is 41.3 cm³/mol. The Labute approximate surface area is 66.9 Å². The van der Waals surface area contributed by atoms with Gasteiger partial charge in [-0.15, -0.1) is 0 Å². The van der Waals surface area contributed by atoms with Crippen LogP contribution in [0.3, 0.4) is 0 Å². The Morgan fingerprint density at radius 3 is 2.45 bits per heavy atom. The minimum absolute atomic E-state index is 0.369. The topological polar surface area (TPSA) is 26.3 Å². The van der Waals surface area contributed by atoms with Gasteiger partial charge in [0.2, 0.25) is 0 Å². The minimum Gasteiger partial charge on any atom is -0.381 e. The first kappa shape index (κ1) is 7.29. The molecule has 0 aromatic rings. The van der Waals surface area contributed by atoms with E-state index in [9.17, 15) is 4.79 Å². The molecular formula is C9H14O2. The maximum absolute atomic E-state index is 10.4. The van der Waals surface area contributed by atoms with E-state index in [1.54, 1.807) is 0 Å². The van der Waals surface area contributed by atoms with Gasteiger partial charge in [-0.25, -0.2) is 0 Å². The van der Waals surface area contributed by atoms with E-state index in [0.29, 0.717) is 11.3 Å². The molecule has 1 aliphatic carbocycles. The molecule has 2 rings (SSSR count). The monoisotopic (exact) mass is 154 g/mol. The molecule has 1 saturated heterocycles. The van der Waals surface area contributed by atoms with Crippen LogP contribution >= 0.6 is 0 Å². The fourth-order valence-corrected chi connectivity index (χ4v) is 2.36. The maximum Gasteiger partial charge on any atom is 0.123 e. The normalized spacial score (nSPS) is 29.8. The number of ether oxygens (including phenoxy) is 1. The van der Waals surface area contributed by atoms with E-state index in [1.165, 1.54) is 12.8 Å². The maximum atomic E-state index is 10.4. The average molecular weight is 154 g/mol. The number of aldehydes is 1. The van der Waals surface area contributed by atoms with Crippen LogP contribution in [-0.2, 0) is 9.53 Å². The smallest absolute Gasteiger partial charge is 0.123 e. The van der Waals surface area contributed by atoms with Crippen molar-refractivity contribution < 1.29 is 9.53 Å². The molecule has 0 atom stereocenters. The molecule has 0 amide bonds. The number of hydrogen-bond donors (Lipinski definition) is 0. The van der Waals surface area contributed by atoms with Crippen molar-refractivity contribution in [2.24, 2.45) is 11.3 Å². The molecule has 0 radical (unpaired) electrons. The van der Waals surface area contributed by atoms with Crippen molar-refractivity contribution in [1.29, 1.82) is 0 Å². The largest absolute Gasteiger partial charge is 0.381 e. The van der Waals surface area contributed by atoms with E-state index >= 15 is 0 Å². The molecule has 0 bridgehead atoms. The number of hydrogen-bond acceptors (Lipinski definition) is 2. The fraction of sp³-hybridized carbons (Fsp3) is 0.889. The third-order valence-electron chi connectivity index (χ3n) is 3.14. The Kier molecular flexibility index (Phi) is 1.72. The van der Waals surface area contributed by atoms with Crippen molar-refractivity contribution in [1.82, 2.24) is 0 Å². The summed E-state index contributed by atoms with van der Waals surface area (Å²) in [6.07, 6.45) is 5.72. The van der Waals surface area contributed by atoms with E-state index in [1.807, 2.05) is 0 Å². The molecule has 1 aliphatic heterocycles. The highest BCUT2D eigenvalue weighted by Crippen LogP contribution is 2.51. The molecule has 0 aromatic carbocycles. The molecule has 1 saturated carbocycles. The van der Waals surface area contributed by atoms with Crippen molar-refractivity contribution >= 4 is 6.29 Å². The highest BCUT2D eigenvalue weighted by atomic mass is 16.5. The summed E-state index contributed by atoms with van der Waals surface area (Å²) >= 11 is 0. The highest BCUT2D eigenvalue weighted by Gasteiger charge is 2.44. The lowest BCUT2D eigenvalue weighted by atomic mass is 9.59. The predicted octanol–water partition coefficient (Wildman–Crippen LogP) is 1.39. The first-order chi connectivity index (χ1) is 5.35. The van der Waals surface area contributed by atoms with Crippen molar-refractivity contribution in [3.8, 4) is 0 Å². The van der Waals surface area contributed by atoms with Crippen molar-refractivity contribution in [3.05, 3.63) is 0 Å². The Bertz CT molecular complexity index is 151. The van der Waals surface area contributed by atoms with Gasteiger partial charge in [0, 0.05) is 19.1 Å². The molecule has 1 heterocycles. The number of carbonyl (C=O) groups excluding carboxylic acids is 1. The van der Waals surface area contributed by atoms with Gasteiger partial charge in [-0.05, 0) is 31.1 Å². The van der Waals surface area contributed by atoms with Crippen LogP contribution in [0.25, 0.3) is 0 Å². The van der Waals surface area contributed by atoms with Gasteiger partial charge >= 0.3 is 0 Å². The molecule has 2 heteroatoms. The zero-order chi connectivity index (χ0) is 7.73. The molecule has 1 spiro atoms. The molecule has 0 aromatic heterocycles. The Morgan fingerprint density at radius 1 is 1.27 bits per heavy atom. The number of carbonyl (C=O) groups is 1. The van der Waals surface area contributed by atoms with Crippen LogP contribution in [-0.4, -0.2) is 19.5 Å². The Morgan fingerprint density at radius 2 is 1.91 bits per heavy atom. The molecule has 11 heavy (non-hydrogen) atoms. The van der Waals surface area contributed by atoms with Gasteiger partial charge < -0.3 is 9.53 Å². The molecule has 0 unspecified atom stereocenters. The molecule has 0 N–H and O–H groups in total. The lowest BCUT2D eigenvalue weighted by molar-refractivity contribution is -0.123. The highest BCUT2D eigenvalue weighted by molar-refractivity contribution is 5.55. The van der Waals surface area contributed by atoms with E-state index in [-0.39, 0.29) is 0 Å². The lowest BCUT2D eigenvalue weighted by Crippen LogP contribution is -2.42. The van der Waals surface area contributed by atoms with Crippen LogP contribution in [0.15, 0.2) is 0 Å². The molecule has 2 nitrogen and oxygen atoms in total. The Hall–Kier alpha value is -0.370. The van der Waals surface area contributed by atoms with E-state index < -0.39 is 0 Å². The van der Waals surface area contributed by atoms with E-state index in [0.717, 1.165) is 32.3 Å². The quantitative estimate of drug-likeness (QED) is 0.533. The first-order valence-corrected chi connectivity index (χ1v) is 4.38. The van der Waals surface area contributed by atoms with Gasteiger partial charge in [-0.3, -0.25) is 0 Å². The molecule has 2 aliphatic rings. The standard InChI is InChI=1S/C9H14O2/c10-7-8-5-9(6-8)1-3-11-4-2-9/h7-8H,1-6H2. The summed E-state index contributed by atoms with van der Waals surface area (Å²) < 4.78 is 5.28. The van der Waals surface area contributed by atoms with Crippen LogP contribution < -0.4 is 0 Å². The zero-order valence-electron chi connectivity index (χ0n) is 6.71. The molecular weight excluding hydrogens is 140 g/mol. The summed E-state index contributed by atoms with van der Waals surface area (Å²) in [5.41, 5.74) is 0.518. The van der Waals surface area contributed by atoms with Crippen LogP contribution in [0, 0.1) is 11.3 Å². The summed E-state index contributed by atoms with van der Waals surface area (Å²) in [7, 11) is 0. The minimum atomic E-state index is 0.369. The van der Waals surface area contributed by atoms with Crippen molar-refractivity contribution in [2.45, 2.75) is 25.7 Å². The fourth-order valence-electron chi connectivity index (χ4n) is 2.36. The second-order valence-corrected chi connectivity index (χ2v) is 3.92. The van der Waals surface area contributed by atoms with Gasteiger partial charge in [0.05, 0.1) is 0 Å². The van der Waals surface area contributed by atoms with Crippen LogP contribution in [0.1, 0.15) is 25.7 Å². The van der Waals surface area contributed by atoms with Gasteiger partial charge in [-0.1, -0.05) is 0 Å². The molecule has 2 fully saturated rings. The number of rotatable bonds is 1. The second kappa shape index (κ2) is 2.59. The Balaban J connectivity index is 1.88. The summed E-state index contributed by atoms with van der Waals surface area (Å²) in [5.74, 6) is 0.369. The van der Waals surface area contributed by atoms with Crippen LogP contribution in [0.2, 0.25) is 0 Å². The summed E-state index contributed by atoms with van der Waals surface area (Å²) in [6, 6.07) is 0. The summed E-state index contributed by atoms with van der Waals surface area (Å²) in [6.45, 7) is 1.82. The van der Waals surface area contributed by atoms with Crippen LogP contribution in [0.4, 0.5) is 0 Å². The van der Waals surface area contributed by atoms with Gasteiger partial charge in [0.25, 0.3) is 0 Å². The third-order valence-corrected chi connectivity index (χ3v) is 3.14.